The summed E-state index contributed by atoms with van der Waals surface area (Å²) in [6.07, 6.45) is 3.47. The maximum absolute atomic E-state index is 5.97. The molecule has 5 heteroatoms. The van der Waals surface area contributed by atoms with Crippen LogP contribution in [0.15, 0.2) is 24.5 Å². The number of nitrogens with zero attached hydrogens (tertiary/aromatic N) is 2. The second-order valence-electron chi connectivity index (χ2n) is 3.13. The van der Waals surface area contributed by atoms with Crippen LogP contribution < -0.4 is 5.32 Å². The average Bonchev–Trinajstić information content (AvgIpc) is 2.63. The number of aromatic nitrogens is 3. The van der Waals surface area contributed by atoms with Gasteiger partial charge in [0.25, 0.3) is 0 Å². The van der Waals surface area contributed by atoms with Gasteiger partial charge in [-0.05, 0) is 19.2 Å². The molecule has 0 unspecified atom stereocenters. The van der Waals surface area contributed by atoms with Crippen molar-refractivity contribution in [2.75, 3.05) is 7.05 Å². The van der Waals surface area contributed by atoms with Crippen molar-refractivity contribution < 1.29 is 0 Å². The van der Waals surface area contributed by atoms with Crippen LogP contribution in [-0.2, 0) is 6.54 Å². The summed E-state index contributed by atoms with van der Waals surface area (Å²) in [6, 6.07) is 3.80. The molecule has 2 aromatic rings. The monoisotopic (exact) mass is 222 g/mol. The zero-order valence-electron chi connectivity index (χ0n) is 8.29. The van der Waals surface area contributed by atoms with E-state index in [0.717, 1.165) is 17.1 Å². The van der Waals surface area contributed by atoms with Crippen LogP contribution in [0.1, 0.15) is 5.69 Å². The van der Waals surface area contributed by atoms with E-state index in [1.807, 2.05) is 19.2 Å². The Hall–Kier alpha value is -1.39. The predicted octanol–water partition coefficient (Wildman–Crippen LogP) is 1.84. The maximum Gasteiger partial charge on any atom is 0.152 e. The SMILES string of the molecule is CNCc1[nH]c(-c2cccnc2)nc1Cl. The Balaban J connectivity index is 2.34. The molecule has 2 rings (SSSR count). The minimum atomic E-state index is 0.503. The molecule has 0 aliphatic rings. The second kappa shape index (κ2) is 4.42. The van der Waals surface area contributed by atoms with E-state index in [4.69, 9.17) is 11.6 Å². The summed E-state index contributed by atoms with van der Waals surface area (Å²) < 4.78 is 0. The highest BCUT2D eigenvalue weighted by Gasteiger charge is 2.08. The first-order valence-electron chi connectivity index (χ1n) is 4.60. The summed E-state index contributed by atoms with van der Waals surface area (Å²) in [4.78, 5) is 11.4. The van der Waals surface area contributed by atoms with Gasteiger partial charge in [-0.3, -0.25) is 4.98 Å². The molecule has 2 aromatic heterocycles. The van der Waals surface area contributed by atoms with E-state index >= 15 is 0 Å². The number of imidazole rings is 1. The van der Waals surface area contributed by atoms with Gasteiger partial charge < -0.3 is 10.3 Å². The molecule has 0 saturated heterocycles. The van der Waals surface area contributed by atoms with Crippen molar-refractivity contribution in [1.82, 2.24) is 20.3 Å². The van der Waals surface area contributed by atoms with E-state index in [2.05, 4.69) is 20.3 Å². The van der Waals surface area contributed by atoms with Gasteiger partial charge in [-0.15, -0.1) is 0 Å². The Morgan fingerprint density at radius 3 is 3.07 bits per heavy atom. The lowest BCUT2D eigenvalue weighted by Gasteiger charge is -1.95. The average molecular weight is 223 g/mol. The Bertz CT molecular complexity index is 438. The van der Waals surface area contributed by atoms with Crippen LogP contribution in [-0.4, -0.2) is 22.0 Å². The van der Waals surface area contributed by atoms with Gasteiger partial charge in [0.05, 0.1) is 5.69 Å². The lowest BCUT2D eigenvalue weighted by molar-refractivity contribution is 0.798. The van der Waals surface area contributed by atoms with Crippen LogP contribution in [0.2, 0.25) is 5.15 Å². The Kier molecular flexibility index (Phi) is 2.99. The minimum absolute atomic E-state index is 0.503. The number of pyridine rings is 1. The molecule has 0 spiro atoms. The second-order valence-corrected chi connectivity index (χ2v) is 3.48. The standard InChI is InChI=1S/C10H11ClN4/c1-12-6-8-9(11)15-10(14-8)7-3-2-4-13-5-7/h2-5,12H,6H2,1H3,(H,14,15). The molecule has 0 fully saturated rings. The molecule has 78 valence electrons. The number of nitrogens with one attached hydrogen (secondary N) is 2. The molecular weight excluding hydrogens is 212 g/mol. The molecule has 2 N–H and O–H groups in total. The first kappa shape index (κ1) is 10.1. The van der Waals surface area contributed by atoms with Crippen LogP contribution in [0.5, 0.6) is 0 Å². The van der Waals surface area contributed by atoms with E-state index in [0.29, 0.717) is 11.7 Å². The number of aromatic amines is 1. The molecule has 0 aromatic carbocycles. The Morgan fingerprint density at radius 2 is 2.40 bits per heavy atom. The molecule has 0 atom stereocenters. The molecular formula is C10H11ClN4. The van der Waals surface area contributed by atoms with Gasteiger partial charge in [0.2, 0.25) is 0 Å². The summed E-state index contributed by atoms with van der Waals surface area (Å²) in [7, 11) is 1.86. The first-order valence-corrected chi connectivity index (χ1v) is 4.98. The molecule has 15 heavy (non-hydrogen) atoms. The molecule has 0 aliphatic carbocycles. The van der Waals surface area contributed by atoms with Gasteiger partial charge in [0.15, 0.2) is 5.15 Å². The van der Waals surface area contributed by atoms with Crippen molar-refractivity contribution in [3.63, 3.8) is 0 Å². The van der Waals surface area contributed by atoms with Gasteiger partial charge >= 0.3 is 0 Å². The third-order valence-electron chi connectivity index (χ3n) is 2.02. The fourth-order valence-electron chi connectivity index (χ4n) is 1.32. The van der Waals surface area contributed by atoms with Crippen LogP contribution in [0.4, 0.5) is 0 Å². The smallest absolute Gasteiger partial charge is 0.152 e. The van der Waals surface area contributed by atoms with Crippen LogP contribution in [0.25, 0.3) is 11.4 Å². The highest BCUT2D eigenvalue weighted by atomic mass is 35.5. The highest BCUT2D eigenvalue weighted by Crippen LogP contribution is 2.20. The predicted molar refractivity (Wildman–Crippen MR) is 59.6 cm³/mol. The largest absolute Gasteiger partial charge is 0.339 e. The van der Waals surface area contributed by atoms with E-state index in [9.17, 15) is 0 Å². The lowest BCUT2D eigenvalue weighted by atomic mass is 10.3. The molecule has 0 saturated carbocycles. The highest BCUT2D eigenvalue weighted by molar-refractivity contribution is 6.30. The topological polar surface area (TPSA) is 53.6 Å². The Morgan fingerprint density at radius 1 is 1.53 bits per heavy atom. The van der Waals surface area contributed by atoms with Gasteiger partial charge in [-0.25, -0.2) is 4.98 Å². The summed E-state index contributed by atoms with van der Waals surface area (Å²) in [5.74, 6) is 0.748. The summed E-state index contributed by atoms with van der Waals surface area (Å²) >= 11 is 5.97. The third kappa shape index (κ3) is 2.16. The molecule has 0 radical (unpaired) electrons. The fraction of sp³-hybridized carbons (Fsp3) is 0.200. The van der Waals surface area contributed by atoms with Crippen molar-refractivity contribution in [3.05, 3.63) is 35.4 Å². The fourth-order valence-corrected chi connectivity index (χ4v) is 1.52. The van der Waals surface area contributed by atoms with Crippen LogP contribution >= 0.6 is 11.6 Å². The minimum Gasteiger partial charge on any atom is -0.339 e. The molecule has 0 aliphatic heterocycles. The van der Waals surface area contributed by atoms with Crippen molar-refractivity contribution in [2.24, 2.45) is 0 Å². The summed E-state index contributed by atoms with van der Waals surface area (Å²) in [5, 5.41) is 3.52. The number of halogens is 1. The van der Waals surface area contributed by atoms with Gasteiger partial charge in [0.1, 0.15) is 5.82 Å². The molecule has 2 heterocycles. The van der Waals surface area contributed by atoms with Crippen molar-refractivity contribution >= 4 is 11.6 Å². The number of hydrogen-bond acceptors (Lipinski definition) is 3. The molecule has 0 amide bonds. The Labute approximate surface area is 92.7 Å². The zero-order chi connectivity index (χ0) is 10.7. The normalized spacial score (nSPS) is 10.5. The van der Waals surface area contributed by atoms with E-state index in [1.54, 1.807) is 12.4 Å². The summed E-state index contributed by atoms with van der Waals surface area (Å²) in [6.45, 7) is 0.673. The van der Waals surface area contributed by atoms with Crippen LogP contribution in [0, 0.1) is 0 Å². The number of H-pyrrole nitrogens is 1. The quantitative estimate of drug-likeness (QED) is 0.834. The van der Waals surface area contributed by atoms with Gasteiger partial charge in [-0.2, -0.15) is 0 Å². The first-order chi connectivity index (χ1) is 7.31. The third-order valence-corrected chi connectivity index (χ3v) is 2.33. The van der Waals surface area contributed by atoms with Crippen molar-refractivity contribution in [3.8, 4) is 11.4 Å². The van der Waals surface area contributed by atoms with Gasteiger partial charge in [-0.1, -0.05) is 11.6 Å². The van der Waals surface area contributed by atoms with E-state index in [-0.39, 0.29) is 0 Å². The maximum atomic E-state index is 5.97. The van der Waals surface area contributed by atoms with Crippen molar-refractivity contribution in [2.45, 2.75) is 6.54 Å². The number of hydrogen-bond donors (Lipinski definition) is 2. The van der Waals surface area contributed by atoms with Crippen LogP contribution in [0.3, 0.4) is 0 Å². The summed E-state index contributed by atoms with van der Waals surface area (Å²) in [5.41, 5.74) is 1.82. The van der Waals surface area contributed by atoms with Gasteiger partial charge in [0, 0.05) is 24.5 Å². The molecule has 4 nitrogen and oxygen atoms in total. The molecule has 0 bridgehead atoms. The zero-order valence-corrected chi connectivity index (χ0v) is 9.04. The lowest BCUT2D eigenvalue weighted by Crippen LogP contribution is -2.05. The number of rotatable bonds is 3. The van der Waals surface area contributed by atoms with E-state index < -0.39 is 0 Å². The van der Waals surface area contributed by atoms with Crippen molar-refractivity contribution in [1.29, 1.82) is 0 Å². The van der Waals surface area contributed by atoms with E-state index in [1.165, 1.54) is 0 Å².